The normalized spacial score (nSPS) is 10.5. The monoisotopic (exact) mass is 268 g/mol. The molecule has 0 radical (unpaired) electrons. The first-order chi connectivity index (χ1) is 7.22. The van der Waals surface area contributed by atoms with Crippen LogP contribution in [0.3, 0.4) is 0 Å². The Hall–Kier alpha value is -1.09. The van der Waals surface area contributed by atoms with Gasteiger partial charge in [0, 0.05) is 10.5 Å². The Bertz CT molecular complexity index is 341. The third-order valence-electron chi connectivity index (χ3n) is 1.97. The van der Waals surface area contributed by atoms with Crippen molar-refractivity contribution in [2.75, 3.05) is 7.11 Å². The van der Waals surface area contributed by atoms with Gasteiger partial charge in [-0.3, -0.25) is 0 Å². The lowest BCUT2D eigenvalue weighted by Gasteiger charge is -1.97. The zero-order valence-electron chi connectivity index (χ0n) is 8.57. The van der Waals surface area contributed by atoms with E-state index >= 15 is 0 Å². The van der Waals surface area contributed by atoms with Gasteiger partial charge in [0.2, 0.25) is 0 Å². The summed E-state index contributed by atoms with van der Waals surface area (Å²) in [5, 5.41) is 0. The lowest BCUT2D eigenvalue weighted by atomic mass is 10.1. The van der Waals surface area contributed by atoms with Crippen molar-refractivity contribution in [1.29, 1.82) is 0 Å². The molecule has 0 aliphatic rings. The molecular formula is C12H13BrO2. The molecule has 1 rings (SSSR count). The van der Waals surface area contributed by atoms with Crippen LogP contribution in [0.25, 0.3) is 0 Å². The van der Waals surface area contributed by atoms with Crippen molar-refractivity contribution >= 4 is 21.9 Å². The minimum absolute atomic E-state index is 0.300. The molecule has 0 aromatic heterocycles. The Morgan fingerprint density at radius 1 is 1.40 bits per heavy atom. The molecular weight excluding hydrogens is 256 g/mol. The van der Waals surface area contributed by atoms with Crippen molar-refractivity contribution in [3.05, 3.63) is 46.5 Å². The predicted molar refractivity (Wildman–Crippen MR) is 63.6 cm³/mol. The Morgan fingerprint density at radius 3 is 2.67 bits per heavy atom. The van der Waals surface area contributed by atoms with Crippen molar-refractivity contribution < 1.29 is 9.53 Å². The molecule has 0 unspecified atom stereocenters. The summed E-state index contributed by atoms with van der Waals surface area (Å²) >= 11 is 3.38. The van der Waals surface area contributed by atoms with E-state index < -0.39 is 0 Å². The molecule has 0 N–H and O–H groups in total. The standard InChI is InChI=1S/C12H13BrO2/c1-15-12(14)5-3-2-4-10-6-8-11(13)9-7-10/h3,5-9H,2,4H2,1H3/b5-3+. The number of halogens is 1. The van der Waals surface area contributed by atoms with Crippen LogP contribution in [0.5, 0.6) is 0 Å². The van der Waals surface area contributed by atoms with Crippen LogP contribution in [0.2, 0.25) is 0 Å². The highest BCUT2D eigenvalue weighted by Gasteiger charge is 1.93. The average Bonchev–Trinajstić information content (AvgIpc) is 2.26. The SMILES string of the molecule is COC(=O)/C=C/CCc1ccc(Br)cc1. The number of allylic oxidation sites excluding steroid dienone is 1. The summed E-state index contributed by atoms with van der Waals surface area (Å²) in [7, 11) is 1.38. The number of hydrogen-bond acceptors (Lipinski definition) is 2. The van der Waals surface area contributed by atoms with E-state index in [9.17, 15) is 4.79 Å². The number of esters is 1. The van der Waals surface area contributed by atoms with Crippen molar-refractivity contribution in [2.45, 2.75) is 12.8 Å². The maximum atomic E-state index is 10.8. The van der Waals surface area contributed by atoms with E-state index in [1.807, 2.05) is 18.2 Å². The zero-order valence-corrected chi connectivity index (χ0v) is 10.2. The van der Waals surface area contributed by atoms with Gasteiger partial charge >= 0.3 is 5.97 Å². The van der Waals surface area contributed by atoms with Crippen LogP contribution in [-0.4, -0.2) is 13.1 Å². The highest BCUT2D eigenvalue weighted by molar-refractivity contribution is 9.10. The number of methoxy groups -OCH3 is 1. The largest absolute Gasteiger partial charge is 0.466 e. The second kappa shape index (κ2) is 6.40. The van der Waals surface area contributed by atoms with Crippen LogP contribution in [0, 0.1) is 0 Å². The number of aryl methyl sites for hydroxylation is 1. The first-order valence-electron chi connectivity index (χ1n) is 4.71. The van der Waals surface area contributed by atoms with Gasteiger partial charge in [0.25, 0.3) is 0 Å². The van der Waals surface area contributed by atoms with E-state index in [0.717, 1.165) is 17.3 Å². The number of benzene rings is 1. The van der Waals surface area contributed by atoms with Crippen molar-refractivity contribution in [3.8, 4) is 0 Å². The van der Waals surface area contributed by atoms with Crippen LogP contribution in [0.1, 0.15) is 12.0 Å². The van der Waals surface area contributed by atoms with E-state index in [0.29, 0.717) is 0 Å². The van der Waals surface area contributed by atoms with Crippen LogP contribution in [0.4, 0.5) is 0 Å². The molecule has 15 heavy (non-hydrogen) atoms. The molecule has 3 heteroatoms. The molecule has 2 nitrogen and oxygen atoms in total. The molecule has 0 aliphatic carbocycles. The Labute approximate surface area is 98.1 Å². The zero-order chi connectivity index (χ0) is 11.1. The van der Waals surface area contributed by atoms with Gasteiger partial charge in [0.1, 0.15) is 0 Å². The summed E-state index contributed by atoms with van der Waals surface area (Å²) in [5.74, 6) is -0.300. The van der Waals surface area contributed by atoms with Gasteiger partial charge in [0.05, 0.1) is 7.11 Å². The number of carbonyl (C=O) groups excluding carboxylic acids is 1. The fraction of sp³-hybridized carbons (Fsp3) is 0.250. The quantitative estimate of drug-likeness (QED) is 0.620. The summed E-state index contributed by atoms with van der Waals surface area (Å²) in [6.45, 7) is 0. The van der Waals surface area contributed by atoms with Crippen LogP contribution < -0.4 is 0 Å². The fourth-order valence-electron chi connectivity index (χ4n) is 1.15. The van der Waals surface area contributed by atoms with Crippen LogP contribution in [0.15, 0.2) is 40.9 Å². The number of hydrogen-bond donors (Lipinski definition) is 0. The Kier molecular flexibility index (Phi) is 5.12. The van der Waals surface area contributed by atoms with E-state index in [2.05, 4.69) is 32.8 Å². The molecule has 0 fully saturated rings. The third-order valence-corrected chi connectivity index (χ3v) is 2.50. The molecule has 0 amide bonds. The lowest BCUT2D eigenvalue weighted by Crippen LogP contribution is -1.93. The second-order valence-electron chi connectivity index (χ2n) is 3.09. The van der Waals surface area contributed by atoms with Crippen LogP contribution in [-0.2, 0) is 16.0 Å². The molecule has 1 aromatic rings. The highest BCUT2D eigenvalue weighted by atomic mass is 79.9. The molecule has 0 heterocycles. The van der Waals surface area contributed by atoms with Crippen LogP contribution >= 0.6 is 15.9 Å². The maximum Gasteiger partial charge on any atom is 0.330 e. The highest BCUT2D eigenvalue weighted by Crippen LogP contribution is 2.11. The molecule has 0 atom stereocenters. The Balaban J connectivity index is 2.35. The summed E-state index contributed by atoms with van der Waals surface area (Å²) in [6.07, 6.45) is 5.06. The summed E-state index contributed by atoms with van der Waals surface area (Å²) in [4.78, 5) is 10.8. The molecule has 0 saturated heterocycles. The van der Waals surface area contributed by atoms with Gasteiger partial charge in [-0.2, -0.15) is 0 Å². The molecule has 0 aliphatic heterocycles. The van der Waals surface area contributed by atoms with Gasteiger partial charge in [-0.15, -0.1) is 0 Å². The summed E-state index contributed by atoms with van der Waals surface area (Å²) in [6, 6.07) is 8.16. The smallest absolute Gasteiger partial charge is 0.330 e. The molecule has 0 saturated carbocycles. The van der Waals surface area contributed by atoms with E-state index in [4.69, 9.17) is 0 Å². The summed E-state index contributed by atoms with van der Waals surface area (Å²) < 4.78 is 5.57. The summed E-state index contributed by atoms with van der Waals surface area (Å²) in [5.41, 5.74) is 1.26. The van der Waals surface area contributed by atoms with Crippen molar-refractivity contribution in [1.82, 2.24) is 0 Å². The maximum absolute atomic E-state index is 10.8. The minimum atomic E-state index is -0.300. The number of ether oxygens (including phenoxy) is 1. The van der Waals surface area contributed by atoms with Gasteiger partial charge in [-0.1, -0.05) is 34.1 Å². The topological polar surface area (TPSA) is 26.3 Å². The van der Waals surface area contributed by atoms with E-state index in [1.165, 1.54) is 18.7 Å². The van der Waals surface area contributed by atoms with Gasteiger partial charge < -0.3 is 4.74 Å². The predicted octanol–water partition coefficient (Wildman–Crippen LogP) is 3.11. The van der Waals surface area contributed by atoms with Crippen molar-refractivity contribution in [2.24, 2.45) is 0 Å². The fourth-order valence-corrected chi connectivity index (χ4v) is 1.41. The second-order valence-corrected chi connectivity index (χ2v) is 4.01. The molecule has 0 bridgehead atoms. The van der Waals surface area contributed by atoms with Crippen molar-refractivity contribution in [3.63, 3.8) is 0 Å². The lowest BCUT2D eigenvalue weighted by molar-refractivity contribution is -0.134. The molecule has 80 valence electrons. The van der Waals surface area contributed by atoms with Gasteiger partial charge in [-0.05, 0) is 30.5 Å². The minimum Gasteiger partial charge on any atom is -0.466 e. The first-order valence-corrected chi connectivity index (χ1v) is 5.50. The third kappa shape index (κ3) is 4.79. The molecule has 1 aromatic carbocycles. The van der Waals surface area contributed by atoms with Gasteiger partial charge in [0.15, 0.2) is 0 Å². The first kappa shape index (κ1) is 12.0. The molecule has 0 spiro atoms. The average molecular weight is 269 g/mol. The number of carbonyl (C=O) groups is 1. The van der Waals surface area contributed by atoms with E-state index in [-0.39, 0.29) is 5.97 Å². The number of rotatable bonds is 4. The Morgan fingerprint density at radius 2 is 2.07 bits per heavy atom. The van der Waals surface area contributed by atoms with E-state index in [1.54, 1.807) is 0 Å². The van der Waals surface area contributed by atoms with Gasteiger partial charge in [-0.25, -0.2) is 4.79 Å².